The quantitative estimate of drug-likeness (QED) is 0.272. The van der Waals surface area contributed by atoms with Crippen LogP contribution in [-0.2, 0) is 6.18 Å². The highest BCUT2D eigenvalue weighted by molar-refractivity contribution is 5.65. The Morgan fingerprint density at radius 1 is 0.806 bits per heavy atom. The molecular weight excluding hydrogens is 400 g/mol. The van der Waals surface area contributed by atoms with E-state index >= 15 is 0 Å². The third-order valence-electron chi connectivity index (χ3n) is 6.80. The van der Waals surface area contributed by atoms with Gasteiger partial charge in [0.05, 0.1) is 5.56 Å². The Hall–Kier alpha value is -1.84. The summed E-state index contributed by atoms with van der Waals surface area (Å²) in [6.45, 7) is 2.24. The number of rotatable bonds is 9. The first kappa shape index (κ1) is 23.8. The fraction of sp³-hybridized carbons (Fsp3) is 0.556. The first-order valence-corrected chi connectivity index (χ1v) is 11.9. The van der Waals surface area contributed by atoms with Crippen LogP contribution in [0.25, 0.3) is 11.1 Å². The van der Waals surface area contributed by atoms with Crippen molar-refractivity contribution in [1.82, 2.24) is 0 Å². The Bertz CT molecular complexity index is 799. The van der Waals surface area contributed by atoms with E-state index in [0.29, 0.717) is 17.0 Å². The zero-order chi connectivity index (χ0) is 22.3. The van der Waals surface area contributed by atoms with Gasteiger partial charge in [-0.3, -0.25) is 0 Å². The molecule has 2 aromatic carbocycles. The van der Waals surface area contributed by atoms with Crippen LogP contribution in [0.2, 0.25) is 0 Å². The first-order valence-electron chi connectivity index (χ1n) is 11.9. The van der Waals surface area contributed by atoms with Gasteiger partial charge in [-0.05, 0) is 66.8 Å². The largest absolute Gasteiger partial charge is 0.416 e. The molecule has 0 radical (unpaired) electrons. The van der Waals surface area contributed by atoms with E-state index in [-0.39, 0.29) is 5.82 Å². The lowest BCUT2D eigenvalue weighted by Crippen LogP contribution is -2.13. The van der Waals surface area contributed by atoms with Gasteiger partial charge < -0.3 is 0 Å². The predicted octanol–water partition coefficient (Wildman–Crippen LogP) is 9.54. The molecule has 1 fully saturated rings. The summed E-state index contributed by atoms with van der Waals surface area (Å²) in [4.78, 5) is 0. The van der Waals surface area contributed by atoms with Crippen molar-refractivity contribution in [3.8, 4) is 11.1 Å². The van der Waals surface area contributed by atoms with Gasteiger partial charge in [0.25, 0.3) is 0 Å². The van der Waals surface area contributed by atoms with E-state index < -0.39 is 11.7 Å². The van der Waals surface area contributed by atoms with Crippen molar-refractivity contribution < 1.29 is 17.6 Å². The maximum Gasteiger partial charge on any atom is 0.416 e. The zero-order valence-electron chi connectivity index (χ0n) is 18.5. The Morgan fingerprint density at radius 2 is 1.45 bits per heavy atom. The zero-order valence-corrected chi connectivity index (χ0v) is 18.5. The van der Waals surface area contributed by atoms with Gasteiger partial charge in [0.2, 0.25) is 0 Å². The van der Waals surface area contributed by atoms with Crippen LogP contribution in [0.5, 0.6) is 0 Å². The lowest BCUT2D eigenvalue weighted by molar-refractivity contribution is -0.137. The minimum atomic E-state index is -4.38. The molecule has 1 aliphatic carbocycles. The van der Waals surface area contributed by atoms with E-state index in [4.69, 9.17) is 0 Å². The third-order valence-corrected chi connectivity index (χ3v) is 6.80. The molecule has 1 saturated carbocycles. The second-order valence-corrected chi connectivity index (χ2v) is 9.09. The summed E-state index contributed by atoms with van der Waals surface area (Å²) in [5, 5.41) is 0. The number of benzene rings is 2. The highest BCUT2D eigenvalue weighted by Crippen LogP contribution is 2.39. The van der Waals surface area contributed by atoms with Crippen molar-refractivity contribution in [1.29, 1.82) is 0 Å². The molecule has 0 spiro atoms. The topological polar surface area (TPSA) is 0 Å². The van der Waals surface area contributed by atoms with E-state index in [1.54, 1.807) is 12.1 Å². The summed E-state index contributed by atoms with van der Waals surface area (Å²) in [5.41, 5.74) is 1.13. The first-order chi connectivity index (χ1) is 14.9. The van der Waals surface area contributed by atoms with Crippen LogP contribution in [0, 0.1) is 11.7 Å². The highest BCUT2D eigenvalue weighted by Gasteiger charge is 2.30. The Labute approximate surface area is 184 Å². The van der Waals surface area contributed by atoms with Gasteiger partial charge in [0.1, 0.15) is 5.82 Å². The molecule has 0 nitrogen and oxygen atoms in total. The summed E-state index contributed by atoms with van der Waals surface area (Å²) >= 11 is 0. The number of unbranched alkanes of at least 4 members (excludes halogenated alkanes) is 5. The van der Waals surface area contributed by atoms with Crippen molar-refractivity contribution in [2.45, 2.75) is 89.6 Å². The van der Waals surface area contributed by atoms with Crippen molar-refractivity contribution in [3.05, 3.63) is 59.4 Å². The molecule has 1 aliphatic rings. The third kappa shape index (κ3) is 6.82. The maximum absolute atomic E-state index is 14.8. The fourth-order valence-corrected chi connectivity index (χ4v) is 4.86. The number of halogens is 4. The Morgan fingerprint density at radius 3 is 2.06 bits per heavy atom. The summed E-state index contributed by atoms with van der Waals surface area (Å²) in [7, 11) is 0. The van der Waals surface area contributed by atoms with Gasteiger partial charge in [-0.2, -0.15) is 13.2 Å². The van der Waals surface area contributed by atoms with E-state index in [1.165, 1.54) is 69.9 Å². The number of hydrogen-bond donors (Lipinski definition) is 0. The van der Waals surface area contributed by atoms with Crippen molar-refractivity contribution >= 4 is 0 Å². The number of alkyl halides is 3. The molecule has 0 heterocycles. The Balaban J connectivity index is 1.52. The summed E-state index contributed by atoms with van der Waals surface area (Å²) < 4.78 is 53.0. The van der Waals surface area contributed by atoms with Crippen LogP contribution >= 0.6 is 0 Å². The molecule has 0 atom stereocenters. The molecule has 0 saturated heterocycles. The fourth-order valence-electron chi connectivity index (χ4n) is 4.86. The second-order valence-electron chi connectivity index (χ2n) is 9.09. The lowest BCUT2D eigenvalue weighted by Gasteiger charge is -2.29. The van der Waals surface area contributed by atoms with Crippen LogP contribution in [0.15, 0.2) is 42.5 Å². The van der Waals surface area contributed by atoms with Crippen LogP contribution in [-0.4, -0.2) is 0 Å². The summed E-state index contributed by atoms with van der Waals surface area (Å²) in [6, 6.07) is 9.96. The molecule has 4 heteroatoms. The van der Waals surface area contributed by atoms with Crippen molar-refractivity contribution in [2.24, 2.45) is 5.92 Å². The van der Waals surface area contributed by atoms with Crippen LogP contribution in [0.4, 0.5) is 17.6 Å². The molecule has 2 aromatic rings. The highest BCUT2D eigenvalue weighted by atomic mass is 19.4. The van der Waals surface area contributed by atoms with Crippen LogP contribution in [0.3, 0.4) is 0 Å². The SMILES string of the molecule is CCCCCCCCC1CCC(c2ccc(-c3ccc(C(F)(F)F)cc3)c(F)c2)CC1. The van der Waals surface area contributed by atoms with Crippen molar-refractivity contribution in [2.75, 3.05) is 0 Å². The number of hydrogen-bond acceptors (Lipinski definition) is 0. The summed E-state index contributed by atoms with van der Waals surface area (Å²) in [5.74, 6) is 0.835. The van der Waals surface area contributed by atoms with Gasteiger partial charge >= 0.3 is 6.18 Å². The molecule has 0 aliphatic heterocycles. The van der Waals surface area contributed by atoms with Crippen LogP contribution in [0.1, 0.15) is 94.6 Å². The standard InChI is InChI=1S/C27H34F4/c1-2-3-4-5-6-7-8-20-9-11-21(12-10-20)23-15-18-25(26(28)19-23)22-13-16-24(17-14-22)27(29,30)31/h13-21H,2-12H2,1H3. The normalized spacial score (nSPS) is 19.5. The van der Waals surface area contributed by atoms with Crippen LogP contribution < -0.4 is 0 Å². The minimum absolute atomic E-state index is 0.355. The van der Waals surface area contributed by atoms with E-state index in [2.05, 4.69) is 6.92 Å². The van der Waals surface area contributed by atoms with Gasteiger partial charge in [0, 0.05) is 5.56 Å². The molecule has 3 rings (SSSR count). The molecule has 0 amide bonds. The molecule has 0 N–H and O–H groups in total. The molecule has 0 bridgehead atoms. The minimum Gasteiger partial charge on any atom is -0.206 e. The molecule has 31 heavy (non-hydrogen) atoms. The van der Waals surface area contributed by atoms with Gasteiger partial charge in [-0.15, -0.1) is 0 Å². The molecule has 0 aromatic heterocycles. The second kappa shape index (κ2) is 11.2. The molecule has 0 unspecified atom stereocenters. The van der Waals surface area contributed by atoms with E-state index in [1.807, 2.05) is 6.07 Å². The average Bonchev–Trinajstić information content (AvgIpc) is 2.76. The Kier molecular flexibility index (Phi) is 8.57. The van der Waals surface area contributed by atoms with Crippen molar-refractivity contribution in [3.63, 3.8) is 0 Å². The maximum atomic E-state index is 14.8. The summed E-state index contributed by atoms with van der Waals surface area (Å²) in [6.07, 6.45) is 9.57. The smallest absolute Gasteiger partial charge is 0.206 e. The van der Waals surface area contributed by atoms with Gasteiger partial charge in [0.15, 0.2) is 0 Å². The predicted molar refractivity (Wildman–Crippen MR) is 120 cm³/mol. The monoisotopic (exact) mass is 434 g/mol. The van der Waals surface area contributed by atoms with E-state index in [9.17, 15) is 17.6 Å². The van der Waals surface area contributed by atoms with E-state index in [0.717, 1.165) is 36.5 Å². The lowest BCUT2D eigenvalue weighted by atomic mass is 9.77. The molecule has 170 valence electrons. The van der Waals surface area contributed by atoms with Gasteiger partial charge in [-0.1, -0.05) is 76.1 Å². The molecular formula is C27H34F4. The van der Waals surface area contributed by atoms with Gasteiger partial charge in [-0.25, -0.2) is 4.39 Å². The average molecular weight is 435 g/mol.